The van der Waals surface area contributed by atoms with Crippen LogP contribution < -0.4 is 10.6 Å². The molecule has 134 valence electrons. The standard InChI is InChI=1S/C17H32N2O4/c1-13(2)15(20)18-7-9-22-11-17(5,6)12-23-10-8-19-16(21)14(3)4/h14H,1,7-12H2,2-6H3,(H,18,20)(H,19,21). The quantitative estimate of drug-likeness (QED) is 0.420. The van der Waals surface area contributed by atoms with E-state index in [0.29, 0.717) is 45.1 Å². The monoisotopic (exact) mass is 328 g/mol. The maximum Gasteiger partial charge on any atom is 0.246 e. The molecule has 0 bridgehead atoms. The molecule has 0 spiro atoms. The second-order valence-electron chi connectivity index (χ2n) is 6.75. The normalized spacial score (nSPS) is 11.4. The molecule has 2 amide bonds. The molecule has 0 aromatic rings. The van der Waals surface area contributed by atoms with Crippen molar-refractivity contribution in [2.75, 3.05) is 39.5 Å². The fraction of sp³-hybridized carbons (Fsp3) is 0.765. The molecular weight excluding hydrogens is 296 g/mol. The highest BCUT2D eigenvalue weighted by Crippen LogP contribution is 2.15. The summed E-state index contributed by atoms with van der Waals surface area (Å²) >= 11 is 0. The first-order valence-corrected chi connectivity index (χ1v) is 8.02. The number of rotatable bonds is 12. The van der Waals surface area contributed by atoms with Crippen LogP contribution in [-0.4, -0.2) is 51.3 Å². The minimum atomic E-state index is -0.153. The van der Waals surface area contributed by atoms with Gasteiger partial charge < -0.3 is 20.1 Å². The van der Waals surface area contributed by atoms with Crippen LogP contribution in [0.15, 0.2) is 12.2 Å². The third-order valence-corrected chi connectivity index (χ3v) is 2.98. The van der Waals surface area contributed by atoms with Crippen LogP contribution in [0.25, 0.3) is 0 Å². The molecule has 0 fully saturated rings. The Kier molecular flexibility index (Phi) is 10.5. The van der Waals surface area contributed by atoms with E-state index in [1.54, 1.807) is 6.92 Å². The Labute approximate surface area is 140 Å². The largest absolute Gasteiger partial charge is 0.379 e. The first-order valence-electron chi connectivity index (χ1n) is 8.02. The van der Waals surface area contributed by atoms with E-state index in [0.717, 1.165) is 0 Å². The molecule has 0 atom stereocenters. The van der Waals surface area contributed by atoms with Gasteiger partial charge in [0.15, 0.2) is 0 Å². The molecule has 0 rings (SSSR count). The minimum absolute atomic E-state index is 0.00907. The number of hydrogen-bond donors (Lipinski definition) is 2. The van der Waals surface area contributed by atoms with Crippen LogP contribution in [0, 0.1) is 11.3 Å². The lowest BCUT2D eigenvalue weighted by molar-refractivity contribution is -0.124. The maximum absolute atomic E-state index is 11.4. The lowest BCUT2D eigenvalue weighted by Crippen LogP contribution is -2.33. The van der Waals surface area contributed by atoms with Crippen molar-refractivity contribution < 1.29 is 19.1 Å². The third-order valence-electron chi connectivity index (χ3n) is 2.98. The zero-order chi connectivity index (χ0) is 17.9. The maximum atomic E-state index is 11.4. The number of carbonyl (C=O) groups excluding carboxylic acids is 2. The van der Waals surface area contributed by atoms with Gasteiger partial charge in [-0.25, -0.2) is 0 Å². The molecule has 2 N–H and O–H groups in total. The Bertz CT molecular complexity index is 392. The molecule has 23 heavy (non-hydrogen) atoms. The first-order chi connectivity index (χ1) is 10.7. The van der Waals surface area contributed by atoms with Gasteiger partial charge in [0.2, 0.25) is 11.8 Å². The van der Waals surface area contributed by atoms with Gasteiger partial charge >= 0.3 is 0 Å². The van der Waals surface area contributed by atoms with Crippen LogP contribution in [-0.2, 0) is 19.1 Å². The average Bonchev–Trinajstić information content (AvgIpc) is 2.45. The fourth-order valence-electron chi connectivity index (χ4n) is 1.58. The van der Waals surface area contributed by atoms with Crippen LogP contribution in [0.2, 0.25) is 0 Å². The van der Waals surface area contributed by atoms with Crippen LogP contribution in [0.1, 0.15) is 34.6 Å². The van der Waals surface area contributed by atoms with Gasteiger partial charge in [0, 0.05) is 30.0 Å². The van der Waals surface area contributed by atoms with Crippen molar-refractivity contribution in [1.29, 1.82) is 0 Å². The third kappa shape index (κ3) is 11.8. The Morgan fingerprint density at radius 3 is 1.96 bits per heavy atom. The van der Waals surface area contributed by atoms with E-state index in [-0.39, 0.29) is 23.1 Å². The number of ether oxygens (including phenoxy) is 2. The van der Waals surface area contributed by atoms with Crippen molar-refractivity contribution in [3.8, 4) is 0 Å². The molecule has 6 nitrogen and oxygen atoms in total. The van der Waals surface area contributed by atoms with Crippen molar-refractivity contribution >= 4 is 11.8 Å². The molecule has 0 aliphatic carbocycles. The smallest absolute Gasteiger partial charge is 0.246 e. The molecule has 0 aromatic heterocycles. The molecular formula is C17H32N2O4. The summed E-state index contributed by atoms with van der Waals surface area (Å²) in [6, 6.07) is 0. The van der Waals surface area contributed by atoms with Gasteiger partial charge in [-0.05, 0) is 6.92 Å². The summed E-state index contributed by atoms with van der Waals surface area (Å²) < 4.78 is 11.1. The Morgan fingerprint density at radius 2 is 1.52 bits per heavy atom. The van der Waals surface area contributed by atoms with Crippen molar-refractivity contribution in [2.45, 2.75) is 34.6 Å². The fourth-order valence-corrected chi connectivity index (χ4v) is 1.58. The van der Waals surface area contributed by atoms with Gasteiger partial charge in [0.1, 0.15) is 0 Å². The second kappa shape index (κ2) is 11.2. The van der Waals surface area contributed by atoms with Crippen molar-refractivity contribution in [2.24, 2.45) is 11.3 Å². The average molecular weight is 328 g/mol. The summed E-state index contributed by atoms with van der Waals surface area (Å²) in [6.07, 6.45) is 0. The zero-order valence-corrected chi connectivity index (χ0v) is 15.2. The summed E-state index contributed by atoms with van der Waals surface area (Å²) in [5, 5.41) is 5.52. The molecule has 0 aromatic carbocycles. The predicted molar refractivity (Wildman–Crippen MR) is 91.1 cm³/mol. The highest BCUT2D eigenvalue weighted by Gasteiger charge is 2.18. The van der Waals surface area contributed by atoms with Crippen molar-refractivity contribution in [3.63, 3.8) is 0 Å². The van der Waals surface area contributed by atoms with E-state index < -0.39 is 0 Å². The highest BCUT2D eigenvalue weighted by molar-refractivity contribution is 5.92. The number of carbonyl (C=O) groups is 2. The molecule has 0 radical (unpaired) electrons. The van der Waals surface area contributed by atoms with E-state index in [2.05, 4.69) is 17.2 Å². The molecule has 0 unspecified atom stereocenters. The molecule has 0 saturated heterocycles. The summed E-state index contributed by atoms with van der Waals surface area (Å²) in [5.41, 5.74) is 0.365. The van der Waals surface area contributed by atoms with Gasteiger partial charge in [-0.2, -0.15) is 0 Å². The molecule has 0 saturated carbocycles. The molecule has 0 aliphatic heterocycles. The molecule has 0 heterocycles. The van der Waals surface area contributed by atoms with Crippen LogP contribution in [0.3, 0.4) is 0 Å². The Morgan fingerprint density at radius 1 is 1.04 bits per heavy atom. The van der Waals surface area contributed by atoms with Gasteiger partial charge in [-0.1, -0.05) is 34.3 Å². The molecule has 6 heteroatoms. The topological polar surface area (TPSA) is 76.7 Å². The van der Waals surface area contributed by atoms with Crippen LogP contribution in [0.5, 0.6) is 0 Å². The van der Waals surface area contributed by atoms with E-state index in [4.69, 9.17) is 9.47 Å². The summed E-state index contributed by atoms with van der Waals surface area (Å²) in [6.45, 7) is 16.0. The zero-order valence-electron chi connectivity index (χ0n) is 15.2. The number of amides is 2. The van der Waals surface area contributed by atoms with Crippen molar-refractivity contribution in [1.82, 2.24) is 10.6 Å². The Hall–Kier alpha value is -1.40. The van der Waals surface area contributed by atoms with E-state index >= 15 is 0 Å². The van der Waals surface area contributed by atoms with Crippen LogP contribution >= 0.6 is 0 Å². The highest BCUT2D eigenvalue weighted by atomic mass is 16.5. The Balaban J connectivity index is 3.67. The SMILES string of the molecule is C=C(C)C(=O)NCCOCC(C)(C)COCCNC(=O)C(C)C. The van der Waals surface area contributed by atoms with Crippen molar-refractivity contribution in [3.05, 3.63) is 12.2 Å². The molecule has 0 aliphatic rings. The summed E-state index contributed by atoms with van der Waals surface area (Å²) in [7, 11) is 0. The van der Waals surface area contributed by atoms with Crippen LogP contribution in [0.4, 0.5) is 0 Å². The van der Waals surface area contributed by atoms with Gasteiger partial charge in [0.25, 0.3) is 0 Å². The lowest BCUT2D eigenvalue weighted by Gasteiger charge is -2.24. The first kappa shape index (κ1) is 21.6. The summed E-state index contributed by atoms with van der Waals surface area (Å²) in [4.78, 5) is 22.7. The van der Waals surface area contributed by atoms with Gasteiger partial charge in [0.05, 0.1) is 26.4 Å². The van der Waals surface area contributed by atoms with Gasteiger partial charge in [-0.15, -0.1) is 0 Å². The lowest BCUT2D eigenvalue weighted by atomic mass is 9.96. The number of hydrogen-bond acceptors (Lipinski definition) is 4. The van der Waals surface area contributed by atoms with E-state index in [1.165, 1.54) is 0 Å². The predicted octanol–water partition coefficient (Wildman–Crippen LogP) is 1.51. The second-order valence-corrected chi connectivity index (χ2v) is 6.75. The minimum Gasteiger partial charge on any atom is -0.379 e. The van der Waals surface area contributed by atoms with Gasteiger partial charge in [-0.3, -0.25) is 9.59 Å². The van der Waals surface area contributed by atoms with E-state index in [9.17, 15) is 9.59 Å². The summed E-state index contributed by atoms with van der Waals surface area (Å²) in [5.74, 6) is -0.127. The van der Waals surface area contributed by atoms with E-state index in [1.807, 2.05) is 27.7 Å². The number of nitrogens with one attached hydrogen (secondary N) is 2.